The second-order valence-corrected chi connectivity index (χ2v) is 6.72. The van der Waals surface area contributed by atoms with Crippen molar-refractivity contribution < 1.29 is 4.79 Å². The second-order valence-electron chi connectivity index (χ2n) is 5.55. The van der Waals surface area contributed by atoms with Gasteiger partial charge >= 0.3 is 0 Å². The van der Waals surface area contributed by atoms with Gasteiger partial charge in [-0.1, -0.05) is 6.07 Å². The number of likely N-dealkylation sites (N-methyl/N-ethyl adjacent to an activating group) is 1. The normalized spacial score (nSPS) is 11.2. The van der Waals surface area contributed by atoms with Crippen LogP contribution in [0.2, 0.25) is 0 Å². The summed E-state index contributed by atoms with van der Waals surface area (Å²) in [6.45, 7) is 9.60. The van der Waals surface area contributed by atoms with E-state index in [-0.39, 0.29) is 11.9 Å². The summed E-state index contributed by atoms with van der Waals surface area (Å²) in [5, 5.41) is 2.91. The van der Waals surface area contributed by atoms with Crippen molar-refractivity contribution in [3.05, 3.63) is 29.3 Å². The summed E-state index contributed by atoms with van der Waals surface area (Å²) in [6.07, 6.45) is 0. The standard InChI is InChI=1S/C16H26N2OS/c1-12(2)17-16(19)11-18(5)8-9-20-15-7-6-13(3)14(4)10-15/h6-7,10,12H,8-9,11H2,1-5H3,(H,17,19). The Hall–Kier alpha value is -1.00. The molecule has 1 amide bonds. The third kappa shape index (κ3) is 6.44. The van der Waals surface area contributed by atoms with Gasteiger partial charge in [0.2, 0.25) is 5.91 Å². The Kier molecular flexibility index (Phi) is 7.10. The third-order valence-electron chi connectivity index (χ3n) is 3.08. The Balaban J connectivity index is 2.29. The fourth-order valence-electron chi connectivity index (χ4n) is 1.81. The summed E-state index contributed by atoms with van der Waals surface area (Å²) in [5.74, 6) is 1.09. The van der Waals surface area contributed by atoms with E-state index in [4.69, 9.17) is 0 Å². The molecule has 1 rings (SSSR count). The lowest BCUT2D eigenvalue weighted by atomic mass is 10.1. The topological polar surface area (TPSA) is 32.3 Å². The number of carbonyl (C=O) groups is 1. The van der Waals surface area contributed by atoms with Crippen molar-refractivity contribution in [3.63, 3.8) is 0 Å². The van der Waals surface area contributed by atoms with Crippen LogP contribution in [-0.4, -0.2) is 42.7 Å². The Morgan fingerprint density at radius 1 is 1.30 bits per heavy atom. The van der Waals surface area contributed by atoms with Crippen LogP contribution in [0.1, 0.15) is 25.0 Å². The molecular formula is C16H26N2OS. The summed E-state index contributed by atoms with van der Waals surface area (Å²) in [7, 11) is 1.99. The Morgan fingerprint density at radius 3 is 2.60 bits per heavy atom. The van der Waals surface area contributed by atoms with E-state index in [1.54, 1.807) is 0 Å². The van der Waals surface area contributed by atoms with Crippen molar-refractivity contribution >= 4 is 17.7 Å². The van der Waals surface area contributed by atoms with E-state index in [9.17, 15) is 4.79 Å². The van der Waals surface area contributed by atoms with E-state index in [0.717, 1.165) is 12.3 Å². The van der Waals surface area contributed by atoms with Gasteiger partial charge in [-0.15, -0.1) is 11.8 Å². The SMILES string of the molecule is Cc1ccc(SCCN(C)CC(=O)NC(C)C)cc1C. The highest BCUT2D eigenvalue weighted by atomic mass is 32.2. The maximum absolute atomic E-state index is 11.6. The van der Waals surface area contributed by atoms with Gasteiger partial charge in [-0.05, 0) is 58.0 Å². The number of nitrogens with one attached hydrogen (secondary N) is 1. The molecule has 112 valence electrons. The molecule has 0 aliphatic rings. The largest absolute Gasteiger partial charge is 0.353 e. The molecule has 0 saturated heterocycles. The first-order valence-electron chi connectivity index (χ1n) is 7.06. The van der Waals surface area contributed by atoms with E-state index in [2.05, 4.69) is 42.3 Å². The smallest absolute Gasteiger partial charge is 0.234 e. The fourth-order valence-corrected chi connectivity index (χ4v) is 2.88. The number of carbonyl (C=O) groups excluding carboxylic acids is 1. The van der Waals surface area contributed by atoms with Crippen LogP contribution >= 0.6 is 11.8 Å². The van der Waals surface area contributed by atoms with Crippen LogP contribution in [0.4, 0.5) is 0 Å². The first kappa shape index (κ1) is 17.1. The molecule has 0 spiro atoms. The van der Waals surface area contributed by atoms with Crippen LogP contribution < -0.4 is 5.32 Å². The first-order valence-corrected chi connectivity index (χ1v) is 8.05. The van der Waals surface area contributed by atoms with Gasteiger partial charge in [0.05, 0.1) is 6.54 Å². The molecule has 0 atom stereocenters. The molecule has 1 aromatic carbocycles. The minimum atomic E-state index is 0.0960. The number of aryl methyl sites for hydroxylation is 2. The number of amides is 1. The molecule has 1 aromatic rings. The minimum Gasteiger partial charge on any atom is -0.353 e. The lowest BCUT2D eigenvalue weighted by Gasteiger charge is -2.17. The van der Waals surface area contributed by atoms with E-state index in [0.29, 0.717) is 6.54 Å². The predicted molar refractivity (Wildman–Crippen MR) is 87.4 cm³/mol. The van der Waals surface area contributed by atoms with Crippen LogP contribution in [0.15, 0.2) is 23.1 Å². The molecule has 0 aromatic heterocycles. The van der Waals surface area contributed by atoms with Crippen LogP contribution in [0, 0.1) is 13.8 Å². The van der Waals surface area contributed by atoms with Gasteiger partial charge in [0.15, 0.2) is 0 Å². The highest BCUT2D eigenvalue weighted by Crippen LogP contribution is 2.20. The maximum Gasteiger partial charge on any atom is 0.234 e. The fraction of sp³-hybridized carbons (Fsp3) is 0.562. The number of hydrogen-bond acceptors (Lipinski definition) is 3. The van der Waals surface area contributed by atoms with Crippen molar-refractivity contribution in [2.75, 3.05) is 25.9 Å². The third-order valence-corrected chi connectivity index (χ3v) is 4.06. The molecule has 0 radical (unpaired) electrons. The quantitative estimate of drug-likeness (QED) is 0.785. The second kappa shape index (κ2) is 8.32. The van der Waals surface area contributed by atoms with Gasteiger partial charge in [-0.3, -0.25) is 9.69 Å². The maximum atomic E-state index is 11.6. The average molecular weight is 294 g/mol. The zero-order valence-electron chi connectivity index (χ0n) is 13.2. The van der Waals surface area contributed by atoms with Crippen molar-refractivity contribution in [2.45, 2.75) is 38.6 Å². The van der Waals surface area contributed by atoms with Crippen LogP contribution in [0.3, 0.4) is 0 Å². The molecule has 0 bridgehead atoms. The molecule has 0 unspecified atom stereocenters. The number of thioether (sulfide) groups is 1. The Bertz CT molecular complexity index is 446. The summed E-state index contributed by atoms with van der Waals surface area (Å²) >= 11 is 1.84. The van der Waals surface area contributed by atoms with E-state index < -0.39 is 0 Å². The summed E-state index contributed by atoms with van der Waals surface area (Å²) < 4.78 is 0. The molecule has 0 aliphatic heterocycles. The number of hydrogen-bond donors (Lipinski definition) is 1. The minimum absolute atomic E-state index is 0.0960. The average Bonchev–Trinajstić information content (AvgIpc) is 2.32. The molecule has 1 N–H and O–H groups in total. The first-order chi connectivity index (χ1) is 9.38. The highest BCUT2D eigenvalue weighted by molar-refractivity contribution is 7.99. The zero-order chi connectivity index (χ0) is 15.1. The highest BCUT2D eigenvalue weighted by Gasteiger charge is 2.07. The number of nitrogens with zero attached hydrogens (tertiary/aromatic N) is 1. The van der Waals surface area contributed by atoms with Crippen LogP contribution in [-0.2, 0) is 4.79 Å². The van der Waals surface area contributed by atoms with Crippen molar-refractivity contribution in [1.29, 1.82) is 0 Å². The van der Waals surface area contributed by atoms with Crippen molar-refractivity contribution in [3.8, 4) is 0 Å². The molecule has 0 fully saturated rings. The molecular weight excluding hydrogens is 268 g/mol. The van der Waals surface area contributed by atoms with Gasteiger partial charge < -0.3 is 5.32 Å². The Morgan fingerprint density at radius 2 is 2.00 bits per heavy atom. The summed E-state index contributed by atoms with van der Waals surface area (Å²) in [6, 6.07) is 6.77. The van der Waals surface area contributed by atoms with Gasteiger partial charge in [-0.2, -0.15) is 0 Å². The van der Waals surface area contributed by atoms with Gasteiger partial charge in [0, 0.05) is 23.2 Å². The molecule has 0 heterocycles. The summed E-state index contributed by atoms with van der Waals surface area (Å²) in [4.78, 5) is 15.0. The molecule has 20 heavy (non-hydrogen) atoms. The van der Waals surface area contributed by atoms with E-state index in [1.165, 1.54) is 16.0 Å². The Labute approximate surface area is 127 Å². The zero-order valence-corrected chi connectivity index (χ0v) is 14.0. The monoisotopic (exact) mass is 294 g/mol. The predicted octanol–water partition coefficient (Wildman–Crippen LogP) is 2.85. The molecule has 0 saturated carbocycles. The number of benzene rings is 1. The van der Waals surface area contributed by atoms with Gasteiger partial charge in [0.25, 0.3) is 0 Å². The number of rotatable bonds is 7. The van der Waals surface area contributed by atoms with Crippen LogP contribution in [0.5, 0.6) is 0 Å². The molecule has 4 heteroatoms. The van der Waals surface area contributed by atoms with Gasteiger partial charge in [0.1, 0.15) is 0 Å². The lowest BCUT2D eigenvalue weighted by Crippen LogP contribution is -2.39. The van der Waals surface area contributed by atoms with E-state index >= 15 is 0 Å². The van der Waals surface area contributed by atoms with Crippen LogP contribution in [0.25, 0.3) is 0 Å². The molecule has 0 aliphatic carbocycles. The van der Waals surface area contributed by atoms with Gasteiger partial charge in [-0.25, -0.2) is 0 Å². The van der Waals surface area contributed by atoms with E-state index in [1.807, 2.05) is 32.7 Å². The molecule has 3 nitrogen and oxygen atoms in total. The summed E-state index contributed by atoms with van der Waals surface area (Å²) in [5.41, 5.74) is 2.66. The van der Waals surface area contributed by atoms with Crippen molar-refractivity contribution in [2.24, 2.45) is 0 Å². The lowest BCUT2D eigenvalue weighted by molar-refractivity contribution is -0.122. The van der Waals surface area contributed by atoms with Crippen molar-refractivity contribution in [1.82, 2.24) is 10.2 Å².